The summed E-state index contributed by atoms with van der Waals surface area (Å²) in [5.74, 6) is 0.651. The molecule has 0 N–H and O–H groups in total. The number of carbonyl (C=O) groups is 2. The van der Waals surface area contributed by atoms with Gasteiger partial charge in [-0.3, -0.25) is 19.0 Å². The number of halogens is 4. The number of aromatic nitrogens is 2. The van der Waals surface area contributed by atoms with Gasteiger partial charge in [0.25, 0.3) is 17.4 Å². The van der Waals surface area contributed by atoms with Gasteiger partial charge in [-0.1, -0.05) is 70.7 Å². The zero-order valence-corrected chi connectivity index (χ0v) is 32.6. The molecule has 2 aliphatic heterocycles. The highest BCUT2D eigenvalue weighted by Gasteiger charge is 2.50. The third kappa shape index (κ3) is 8.28. The molecule has 0 aliphatic carbocycles. The lowest BCUT2D eigenvalue weighted by molar-refractivity contribution is -0.164. The van der Waals surface area contributed by atoms with Crippen molar-refractivity contribution in [1.29, 1.82) is 0 Å². The standard InChI is InChI=1S/C41H36Cl4N4O6/c1-25-24-46(20-2-21-47-34(26-4-8-28(42)9-5-26)36(39(47)51)54-32-16-12-30(44)13-17-32)41(53)49(38(25)50)23-3-22-48-35(27-6-10-29(43)11-7-27)37(40(48)52)55-33-18-14-31(45)15-19-33/h4-19,24,34-37H,2-3,20-23H2,1H3/t34-,35-,36+,37+/m1/s1. The fourth-order valence-electron chi connectivity index (χ4n) is 7.08. The van der Waals surface area contributed by atoms with Crippen LogP contribution in [0, 0.1) is 6.92 Å². The number of carbonyl (C=O) groups excluding carboxylic acids is 2. The SMILES string of the molecule is Cc1cn(CCCN2C(=O)[C@@H](Oc3ccc(Cl)cc3)[C@H]2c2ccc(Cl)cc2)c(=O)n(CCCN2C(=O)[C@@H](Oc3ccc(Cl)cc3)[C@H]2c2ccc(Cl)cc2)c1=O. The van der Waals surface area contributed by atoms with Crippen molar-refractivity contribution >= 4 is 58.2 Å². The summed E-state index contributed by atoms with van der Waals surface area (Å²) in [5, 5.41) is 2.25. The Hall–Kier alpha value is -4.74. The van der Waals surface area contributed by atoms with Crippen molar-refractivity contribution in [1.82, 2.24) is 18.9 Å². The van der Waals surface area contributed by atoms with Gasteiger partial charge in [-0.15, -0.1) is 0 Å². The first-order chi connectivity index (χ1) is 26.5. The molecule has 4 aromatic carbocycles. The van der Waals surface area contributed by atoms with Crippen molar-refractivity contribution in [3.63, 3.8) is 0 Å². The van der Waals surface area contributed by atoms with Crippen molar-refractivity contribution in [2.24, 2.45) is 0 Å². The minimum absolute atomic E-state index is 0.103. The van der Waals surface area contributed by atoms with E-state index in [1.54, 1.807) is 95.7 Å². The molecule has 10 nitrogen and oxygen atoms in total. The molecule has 284 valence electrons. The average molecular weight is 823 g/mol. The fourth-order valence-corrected chi connectivity index (χ4v) is 7.58. The molecule has 4 atom stereocenters. The maximum atomic E-state index is 13.7. The molecule has 14 heteroatoms. The van der Waals surface area contributed by atoms with Crippen molar-refractivity contribution < 1.29 is 19.1 Å². The Labute approximate surface area is 337 Å². The lowest BCUT2D eigenvalue weighted by Crippen LogP contribution is -2.61. The van der Waals surface area contributed by atoms with Crippen LogP contribution in [0.2, 0.25) is 20.1 Å². The van der Waals surface area contributed by atoms with Gasteiger partial charge in [-0.05, 0) is 104 Å². The van der Waals surface area contributed by atoms with Crippen molar-refractivity contribution in [2.75, 3.05) is 13.1 Å². The zero-order chi connectivity index (χ0) is 38.8. The summed E-state index contributed by atoms with van der Waals surface area (Å²) in [5.41, 5.74) is 1.27. The van der Waals surface area contributed by atoms with E-state index in [1.807, 2.05) is 24.3 Å². The average Bonchev–Trinajstić information content (AvgIpc) is 3.18. The Morgan fingerprint density at radius 2 is 0.909 bits per heavy atom. The minimum atomic E-state index is -0.766. The summed E-state index contributed by atoms with van der Waals surface area (Å²) in [4.78, 5) is 57.1. The molecule has 2 fully saturated rings. The molecule has 2 aliphatic rings. The summed E-state index contributed by atoms with van der Waals surface area (Å²) in [7, 11) is 0. The van der Waals surface area contributed by atoms with Gasteiger partial charge in [-0.2, -0.15) is 0 Å². The smallest absolute Gasteiger partial charge is 0.330 e. The molecule has 0 radical (unpaired) electrons. The van der Waals surface area contributed by atoms with Gasteiger partial charge < -0.3 is 23.8 Å². The minimum Gasteiger partial charge on any atom is -0.478 e. The lowest BCUT2D eigenvalue weighted by atomic mass is 9.90. The summed E-state index contributed by atoms with van der Waals surface area (Å²) >= 11 is 24.4. The monoisotopic (exact) mass is 820 g/mol. The van der Waals surface area contributed by atoms with Crippen LogP contribution in [-0.4, -0.2) is 56.0 Å². The molecule has 2 saturated heterocycles. The second-order valence-corrected chi connectivity index (χ2v) is 15.2. The number of hydrogen-bond donors (Lipinski definition) is 0. The molecule has 2 amide bonds. The van der Waals surface area contributed by atoms with Crippen LogP contribution >= 0.6 is 46.4 Å². The van der Waals surface area contributed by atoms with Crippen molar-refractivity contribution in [3.8, 4) is 11.5 Å². The number of nitrogens with zero attached hydrogens (tertiary/aromatic N) is 4. The van der Waals surface area contributed by atoms with Gasteiger partial charge in [0, 0.05) is 58.0 Å². The van der Waals surface area contributed by atoms with Crippen LogP contribution < -0.4 is 20.7 Å². The van der Waals surface area contributed by atoms with E-state index in [9.17, 15) is 19.2 Å². The molecular formula is C41H36Cl4N4O6. The summed E-state index contributed by atoms with van der Waals surface area (Å²) in [6.45, 7) is 2.67. The highest BCUT2D eigenvalue weighted by molar-refractivity contribution is 6.31. The first kappa shape index (κ1) is 38.5. The second kappa shape index (κ2) is 16.5. The molecule has 3 heterocycles. The summed E-state index contributed by atoms with van der Waals surface area (Å²) < 4.78 is 14.9. The molecule has 7 rings (SSSR count). The van der Waals surface area contributed by atoms with Gasteiger partial charge in [0.15, 0.2) is 0 Å². The van der Waals surface area contributed by atoms with E-state index in [4.69, 9.17) is 55.9 Å². The van der Waals surface area contributed by atoms with E-state index in [0.717, 1.165) is 11.1 Å². The molecule has 0 saturated carbocycles. The van der Waals surface area contributed by atoms with Gasteiger partial charge in [0.2, 0.25) is 12.2 Å². The van der Waals surface area contributed by atoms with E-state index in [1.165, 1.54) is 9.13 Å². The Balaban J connectivity index is 1.01. The van der Waals surface area contributed by atoms with Crippen LogP contribution in [0.25, 0.3) is 0 Å². The van der Waals surface area contributed by atoms with E-state index in [-0.39, 0.29) is 37.5 Å². The van der Waals surface area contributed by atoms with Gasteiger partial charge in [0.1, 0.15) is 23.6 Å². The number of benzene rings is 4. The Morgan fingerprint density at radius 1 is 0.527 bits per heavy atom. The third-order valence-electron chi connectivity index (χ3n) is 9.86. The molecule has 55 heavy (non-hydrogen) atoms. The van der Waals surface area contributed by atoms with E-state index in [0.29, 0.717) is 56.5 Å². The summed E-state index contributed by atoms with van der Waals surface area (Å²) in [6.07, 6.45) is 0.837. The van der Waals surface area contributed by atoms with Gasteiger partial charge >= 0.3 is 5.69 Å². The molecule has 1 aromatic heterocycles. The van der Waals surface area contributed by atoms with Crippen molar-refractivity contribution in [3.05, 3.63) is 161 Å². The number of aryl methyl sites for hydroxylation is 2. The maximum absolute atomic E-state index is 13.7. The van der Waals surface area contributed by atoms with Crippen LogP contribution in [0.3, 0.4) is 0 Å². The largest absolute Gasteiger partial charge is 0.478 e. The maximum Gasteiger partial charge on any atom is 0.330 e. The Bertz CT molecular complexity index is 2300. The first-order valence-electron chi connectivity index (χ1n) is 17.8. The van der Waals surface area contributed by atoms with Gasteiger partial charge in [-0.25, -0.2) is 4.79 Å². The lowest BCUT2D eigenvalue weighted by Gasteiger charge is -2.47. The topological polar surface area (TPSA) is 103 Å². The predicted octanol–water partition coefficient (Wildman–Crippen LogP) is 7.77. The third-order valence-corrected chi connectivity index (χ3v) is 10.9. The molecule has 0 unspecified atom stereocenters. The first-order valence-corrected chi connectivity index (χ1v) is 19.3. The fraction of sp³-hybridized carbons (Fsp3) is 0.268. The van der Waals surface area contributed by atoms with E-state index >= 15 is 0 Å². The quantitative estimate of drug-likeness (QED) is 0.106. The highest BCUT2D eigenvalue weighted by atomic mass is 35.5. The molecule has 5 aromatic rings. The van der Waals surface area contributed by atoms with E-state index in [2.05, 4.69) is 0 Å². The molecule has 0 spiro atoms. The Morgan fingerprint density at radius 3 is 1.33 bits per heavy atom. The Kier molecular flexibility index (Phi) is 11.6. The summed E-state index contributed by atoms with van der Waals surface area (Å²) in [6, 6.07) is 27.4. The number of amides is 2. The van der Waals surface area contributed by atoms with Crippen LogP contribution in [0.1, 0.15) is 41.6 Å². The molecular weight excluding hydrogens is 786 g/mol. The number of likely N-dealkylation sites (tertiary alicyclic amines) is 2. The van der Waals surface area contributed by atoms with Crippen LogP contribution in [0.5, 0.6) is 11.5 Å². The molecule has 0 bridgehead atoms. The van der Waals surface area contributed by atoms with Crippen LogP contribution in [-0.2, 0) is 22.7 Å². The highest BCUT2D eigenvalue weighted by Crippen LogP contribution is 2.40. The number of rotatable bonds is 14. The van der Waals surface area contributed by atoms with E-state index < -0.39 is 29.5 Å². The number of ether oxygens (including phenoxy) is 2. The predicted molar refractivity (Wildman–Crippen MR) is 212 cm³/mol. The van der Waals surface area contributed by atoms with Crippen molar-refractivity contribution in [2.45, 2.75) is 57.1 Å². The number of hydrogen-bond acceptors (Lipinski definition) is 6. The normalized spacial score (nSPS) is 19.2. The second-order valence-electron chi connectivity index (χ2n) is 13.5. The number of β-lactam (4-membered cyclic amide) rings is 2. The zero-order valence-electron chi connectivity index (χ0n) is 29.6. The van der Waals surface area contributed by atoms with Crippen LogP contribution in [0.15, 0.2) is 113 Å². The van der Waals surface area contributed by atoms with Crippen LogP contribution in [0.4, 0.5) is 0 Å². The van der Waals surface area contributed by atoms with Gasteiger partial charge in [0.05, 0.1) is 0 Å².